The SMILES string of the molecule is C[C@H](O)[C@@H](NC(=O)CNC(=O)[C@@H](Cc1ccc2ccccc2c1)NC(=O)[C@H](N)Cc1ccc2ccccc2c1)C(=O)O. The first-order valence-corrected chi connectivity index (χ1v) is 13.6. The molecule has 4 atom stereocenters. The largest absolute Gasteiger partial charge is 0.480 e. The van der Waals surface area contributed by atoms with Crippen molar-refractivity contribution in [3.8, 4) is 0 Å². The maximum atomic E-state index is 13.2. The van der Waals surface area contributed by atoms with Gasteiger partial charge in [0.15, 0.2) is 6.04 Å². The Hall–Kier alpha value is -4.80. The van der Waals surface area contributed by atoms with E-state index in [9.17, 15) is 29.4 Å². The Bertz CT molecular complexity index is 1600. The molecule has 0 heterocycles. The number of aliphatic hydroxyl groups excluding tert-OH is 1. The van der Waals surface area contributed by atoms with Crippen molar-refractivity contribution >= 4 is 45.2 Å². The second kappa shape index (κ2) is 13.7. The lowest BCUT2D eigenvalue weighted by atomic mass is 9.99. The van der Waals surface area contributed by atoms with Crippen LogP contribution in [0.1, 0.15) is 18.1 Å². The van der Waals surface area contributed by atoms with E-state index in [0.717, 1.165) is 32.7 Å². The Labute approximate surface area is 242 Å². The number of hydrogen-bond donors (Lipinski definition) is 6. The Morgan fingerprint density at radius 2 is 1.26 bits per heavy atom. The van der Waals surface area contributed by atoms with Crippen LogP contribution in [0.2, 0.25) is 0 Å². The van der Waals surface area contributed by atoms with Gasteiger partial charge in [-0.25, -0.2) is 4.79 Å². The van der Waals surface area contributed by atoms with Crippen LogP contribution in [0.5, 0.6) is 0 Å². The fourth-order valence-electron chi connectivity index (χ4n) is 4.71. The van der Waals surface area contributed by atoms with Gasteiger partial charge in [0, 0.05) is 6.42 Å². The number of amides is 3. The zero-order valence-corrected chi connectivity index (χ0v) is 23.1. The first kappa shape index (κ1) is 30.2. The quantitative estimate of drug-likeness (QED) is 0.150. The minimum absolute atomic E-state index is 0.123. The minimum atomic E-state index is -1.53. The smallest absolute Gasteiger partial charge is 0.328 e. The normalized spacial score (nSPS) is 14.0. The van der Waals surface area contributed by atoms with Gasteiger partial charge < -0.3 is 31.9 Å². The predicted molar refractivity (Wildman–Crippen MR) is 159 cm³/mol. The molecule has 4 aromatic carbocycles. The maximum Gasteiger partial charge on any atom is 0.328 e. The van der Waals surface area contributed by atoms with Crippen molar-refractivity contribution in [2.45, 2.75) is 44.0 Å². The van der Waals surface area contributed by atoms with Crippen molar-refractivity contribution in [2.75, 3.05) is 6.54 Å². The summed E-state index contributed by atoms with van der Waals surface area (Å²) in [6.45, 7) is 0.677. The van der Waals surface area contributed by atoms with Gasteiger partial charge in [0.2, 0.25) is 17.7 Å². The zero-order valence-electron chi connectivity index (χ0n) is 23.1. The third-order valence-electron chi connectivity index (χ3n) is 6.98. The average Bonchev–Trinajstić information content (AvgIpc) is 2.97. The van der Waals surface area contributed by atoms with E-state index in [4.69, 9.17) is 5.73 Å². The van der Waals surface area contributed by atoms with Crippen molar-refractivity contribution in [1.82, 2.24) is 16.0 Å². The molecule has 0 aromatic heterocycles. The summed E-state index contributed by atoms with van der Waals surface area (Å²) in [6.07, 6.45) is -0.969. The molecule has 218 valence electrons. The van der Waals surface area contributed by atoms with Crippen LogP contribution < -0.4 is 21.7 Å². The average molecular weight is 571 g/mol. The molecule has 0 aliphatic rings. The number of hydrogen-bond acceptors (Lipinski definition) is 6. The number of carbonyl (C=O) groups excluding carboxylic acids is 3. The van der Waals surface area contributed by atoms with Crippen LogP contribution in [0.25, 0.3) is 21.5 Å². The van der Waals surface area contributed by atoms with Crippen molar-refractivity contribution < 1.29 is 29.4 Å². The fraction of sp³-hybridized carbons (Fsp3) is 0.250. The van der Waals surface area contributed by atoms with Gasteiger partial charge in [0.25, 0.3) is 0 Å². The lowest BCUT2D eigenvalue weighted by Crippen LogP contribution is -2.55. The van der Waals surface area contributed by atoms with Crippen LogP contribution >= 0.6 is 0 Å². The summed E-state index contributed by atoms with van der Waals surface area (Å²) < 4.78 is 0. The molecule has 0 fully saturated rings. The number of carboxylic acids is 1. The summed E-state index contributed by atoms with van der Waals surface area (Å²) in [5.74, 6) is -3.39. The molecule has 10 nitrogen and oxygen atoms in total. The number of carboxylic acid groups (broad SMARTS) is 1. The molecule has 0 saturated carbocycles. The van der Waals surface area contributed by atoms with E-state index in [0.29, 0.717) is 0 Å². The molecule has 7 N–H and O–H groups in total. The van der Waals surface area contributed by atoms with Crippen molar-refractivity contribution in [3.63, 3.8) is 0 Å². The summed E-state index contributed by atoms with van der Waals surface area (Å²) >= 11 is 0. The van der Waals surface area contributed by atoms with Crippen LogP contribution in [-0.2, 0) is 32.0 Å². The molecule has 0 aliphatic carbocycles. The summed E-state index contributed by atoms with van der Waals surface area (Å²) in [5, 5.41) is 30.2. The van der Waals surface area contributed by atoms with Gasteiger partial charge in [-0.3, -0.25) is 14.4 Å². The predicted octanol–water partition coefficient (Wildman–Crippen LogP) is 1.66. The van der Waals surface area contributed by atoms with Crippen LogP contribution in [0, 0.1) is 0 Å². The number of benzene rings is 4. The molecule has 10 heteroatoms. The highest BCUT2D eigenvalue weighted by molar-refractivity contribution is 5.93. The third-order valence-corrected chi connectivity index (χ3v) is 6.98. The van der Waals surface area contributed by atoms with Gasteiger partial charge in [-0.05, 0) is 46.0 Å². The lowest BCUT2D eigenvalue weighted by Gasteiger charge is -2.22. The number of fused-ring (bicyclic) bond motifs is 2. The van der Waals surface area contributed by atoms with Gasteiger partial charge in [0.1, 0.15) is 6.04 Å². The van der Waals surface area contributed by atoms with E-state index < -0.39 is 54.5 Å². The van der Waals surface area contributed by atoms with Gasteiger partial charge in [-0.15, -0.1) is 0 Å². The standard InChI is InChI=1S/C32H34N4O6/c1-19(37)29(32(41)42)36-28(38)18-34-31(40)27(17-21-11-13-23-7-3-5-9-25(23)15-21)35-30(39)26(33)16-20-10-12-22-6-2-4-8-24(22)14-20/h2-15,19,26-27,29,37H,16-18,33H2,1H3,(H,34,40)(H,35,39)(H,36,38)(H,41,42)/t19-,26+,27+,29+/m0/s1. The van der Waals surface area contributed by atoms with Crippen molar-refractivity contribution in [1.29, 1.82) is 0 Å². The molecule has 4 rings (SSSR count). The number of nitrogens with two attached hydrogens (primary N) is 1. The summed E-state index contributed by atoms with van der Waals surface area (Å²) in [4.78, 5) is 50.0. The Morgan fingerprint density at radius 3 is 1.79 bits per heavy atom. The summed E-state index contributed by atoms with van der Waals surface area (Å²) in [6, 6.07) is 23.6. The Kier molecular flexibility index (Phi) is 9.85. The van der Waals surface area contributed by atoms with E-state index in [-0.39, 0.29) is 12.8 Å². The third kappa shape index (κ3) is 7.90. The number of nitrogens with one attached hydrogen (secondary N) is 3. The monoisotopic (exact) mass is 570 g/mol. The molecule has 0 spiro atoms. The highest BCUT2D eigenvalue weighted by atomic mass is 16.4. The van der Waals surface area contributed by atoms with E-state index in [2.05, 4.69) is 16.0 Å². The maximum absolute atomic E-state index is 13.2. The number of rotatable bonds is 12. The van der Waals surface area contributed by atoms with Gasteiger partial charge in [-0.1, -0.05) is 84.9 Å². The number of aliphatic hydroxyl groups is 1. The first-order chi connectivity index (χ1) is 20.1. The van der Waals surface area contributed by atoms with Crippen molar-refractivity contribution in [2.24, 2.45) is 5.73 Å². The Balaban J connectivity index is 1.46. The van der Waals surface area contributed by atoms with Gasteiger partial charge in [-0.2, -0.15) is 0 Å². The molecular weight excluding hydrogens is 536 g/mol. The highest BCUT2D eigenvalue weighted by Crippen LogP contribution is 2.18. The topological polar surface area (TPSA) is 171 Å². The van der Waals surface area contributed by atoms with Crippen LogP contribution in [-0.4, -0.2) is 64.7 Å². The molecule has 0 unspecified atom stereocenters. The molecule has 0 saturated heterocycles. The molecule has 0 aliphatic heterocycles. The van der Waals surface area contributed by atoms with Gasteiger partial charge >= 0.3 is 5.97 Å². The lowest BCUT2D eigenvalue weighted by molar-refractivity contribution is -0.144. The minimum Gasteiger partial charge on any atom is -0.480 e. The second-order valence-corrected chi connectivity index (χ2v) is 10.3. The zero-order chi connectivity index (χ0) is 30.2. The number of aliphatic carboxylic acids is 1. The first-order valence-electron chi connectivity index (χ1n) is 13.6. The highest BCUT2D eigenvalue weighted by Gasteiger charge is 2.27. The van der Waals surface area contributed by atoms with Gasteiger partial charge in [0.05, 0.1) is 18.7 Å². The molecule has 0 radical (unpaired) electrons. The molecular formula is C32H34N4O6. The summed E-state index contributed by atoms with van der Waals surface area (Å²) in [5.41, 5.74) is 7.91. The van der Waals surface area contributed by atoms with E-state index in [1.54, 1.807) is 0 Å². The fourth-order valence-corrected chi connectivity index (χ4v) is 4.71. The molecule has 0 bridgehead atoms. The summed E-state index contributed by atoms with van der Waals surface area (Å²) in [7, 11) is 0. The molecule has 4 aromatic rings. The molecule has 3 amide bonds. The number of carbonyl (C=O) groups is 4. The van der Waals surface area contributed by atoms with Crippen LogP contribution in [0.3, 0.4) is 0 Å². The van der Waals surface area contributed by atoms with E-state index in [1.807, 2.05) is 84.9 Å². The van der Waals surface area contributed by atoms with E-state index in [1.165, 1.54) is 6.92 Å². The van der Waals surface area contributed by atoms with Crippen LogP contribution in [0.15, 0.2) is 84.9 Å². The Morgan fingerprint density at radius 1 is 0.738 bits per heavy atom. The molecule has 42 heavy (non-hydrogen) atoms. The van der Waals surface area contributed by atoms with Crippen molar-refractivity contribution in [3.05, 3.63) is 96.1 Å². The second-order valence-electron chi connectivity index (χ2n) is 10.3. The van der Waals surface area contributed by atoms with Crippen LogP contribution in [0.4, 0.5) is 0 Å². The van der Waals surface area contributed by atoms with E-state index >= 15 is 0 Å².